The summed E-state index contributed by atoms with van der Waals surface area (Å²) in [5.41, 5.74) is 0. The van der Waals surface area contributed by atoms with Gasteiger partial charge in [-0.2, -0.15) is 0 Å². The predicted octanol–water partition coefficient (Wildman–Crippen LogP) is 3.25. The minimum Gasteiger partial charge on any atom is -0.481 e. The Labute approximate surface area is 158 Å². The number of halogens is 1. The van der Waals surface area contributed by atoms with E-state index in [2.05, 4.69) is 20.3 Å². The molecular formula is C15H16ClN3O4S2. The molecule has 0 fully saturated rings. The van der Waals surface area contributed by atoms with Crippen molar-refractivity contribution in [2.45, 2.75) is 23.8 Å². The van der Waals surface area contributed by atoms with Crippen LogP contribution in [0.4, 0.5) is 5.13 Å². The third kappa shape index (κ3) is 6.18. The Hall–Kier alpha value is -1.84. The first kappa shape index (κ1) is 19.5. The summed E-state index contributed by atoms with van der Waals surface area (Å²) >= 11 is 8.28. The fraction of sp³-hybridized carbons (Fsp3) is 0.333. The van der Waals surface area contributed by atoms with Crippen LogP contribution in [0.1, 0.15) is 13.3 Å². The molecule has 1 unspecified atom stereocenters. The molecule has 134 valence electrons. The van der Waals surface area contributed by atoms with Crippen molar-refractivity contribution in [3.63, 3.8) is 0 Å². The molecule has 1 aromatic carbocycles. The summed E-state index contributed by atoms with van der Waals surface area (Å²) in [5, 5.41) is 11.3. The predicted molar refractivity (Wildman–Crippen MR) is 97.4 cm³/mol. The largest absolute Gasteiger partial charge is 0.481 e. The van der Waals surface area contributed by atoms with Crippen molar-refractivity contribution in [2.75, 3.05) is 18.2 Å². The van der Waals surface area contributed by atoms with E-state index in [1.165, 1.54) is 30.2 Å². The van der Waals surface area contributed by atoms with E-state index in [1.807, 2.05) is 6.92 Å². The Bertz CT molecular complexity index is 741. The number of hydrogen-bond donors (Lipinski definition) is 1. The average Bonchev–Trinajstić information content (AvgIpc) is 3.04. The third-order valence-electron chi connectivity index (χ3n) is 2.92. The van der Waals surface area contributed by atoms with Gasteiger partial charge in [0.1, 0.15) is 5.75 Å². The first-order chi connectivity index (χ1) is 12.0. The molecule has 0 aliphatic carbocycles. The molecule has 1 N–H and O–H groups in total. The second-order valence-corrected chi connectivity index (χ2v) is 7.34. The van der Waals surface area contributed by atoms with Crippen molar-refractivity contribution in [3.05, 3.63) is 29.3 Å². The maximum Gasteiger partial charge on any atom is 0.316 e. The van der Waals surface area contributed by atoms with Gasteiger partial charge in [-0.1, -0.05) is 47.7 Å². The third-order valence-corrected chi connectivity index (χ3v) is 5.10. The fourth-order valence-corrected chi connectivity index (χ4v) is 3.48. The number of thioether (sulfide) groups is 1. The number of ether oxygens (including phenoxy) is 2. The highest BCUT2D eigenvalue weighted by Crippen LogP contribution is 2.26. The first-order valence-corrected chi connectivity index (χ1v) is 9.46. The van der Waals surface area contributed by atoms with E-state index in [-0.39, 0.29) is 17.6 Å². The van der Waals surface area contributed by atoms with Crippen molar-refractivity contribution < 1.29 is 19.1 Å². The molecule has 0 aliphatic rings. The molecule has 2 aromatic rings. The van der Waals surface area contributed by atoms with Gasteiger partial charge in [-0.15, -0.1) is 10.2 Å². The molecule has 1 amide bonds. The van der Waals surface area contributed by atoms with Gasteiger partial charge >= 0.3 is 5.97 Å². The molecule has 0 spiro atoms. The van der Waals surface area contributed by atoms with Crippen LogP contribution >= 0.6 is 34.7 Å². The van der Waals surface area contributed by atoms with Crippen LogP contribution in [0.25, 0.3) is 0 Å². The first-order valence-electron chi connectivity index (χ1n) is 7.28. The number of anilines is 1. The maximum absolute atomic E-state index is 12.3. The fourth-order valence-electron chi connectivity index (χ4n) is 1.71. The van der Waals surface area contributed by atoms with E-state index < -0.39 is 6.10 Å². The maximum atomic E-state index is 12.3. The van der Waals surface area contributed by atoms with Gasteiger partial charge in [-0.25, -0.2) is 0 Å². The van der Waals surface area contributed by atoms with Crippen molar-refractivity contribution in [1.29, 1.82) is 0 Å². The number of methoxy groups -OCH3 is 1. The van der Waals surface area contributed by atoms with Crippen LogP contribution < -0.4 is 10.1 Å². The molecule has 0 bridgehead atoms. The Morgan fingerprint density at radius 3 is 2.88 bits per heavy atom. The molecule has 25 heavy (non-hydrogen) atoms. The van der Waals surface area contributed by atoms with Crippen LogP contribution in [0.15, 0.2) is 28.6 Å². The van der Waals surface area contributed by atoms with E-state index in [1.54, 1.807) is 24.3 Å². The number of carbonyl (C=O) groups excluding carboxylic acids is 2. The van der Waals surface area contributed by atoms with Gasteiger partial charge in [-0.3, -0.25) is 14.9 Å². The zero-order chi connectivity index (χ0) is 18.2. The monoisotopic (exact) mass is 401 g/mol. The van der Waals surface area contributed by atoms with E-state index >= 15 is 0 Å². The van der Waals surface area contributed by atoms with E-state index in [9.17, 15) is 9.59 Å². The SMILES string of the molecule is CCC(Oc1cccc(Cl)c1)C(=O)Nc1nnc(SCC(=O)OC)s1. The zero-order valence-electron chi connectivity index (χ0n) is 13.5. The second kappa shape index (κ2) is 9.59. The van der Waals surface area contributed by atoms with Gasteiger partial charge in [0.25, 0.3) is 5.91 Å². The Morgan fingerprint density at radius 1 is 1.40 bits per heavy atom. The molecule has 7 nitrogen and oxygen atoms in total. The molecule has 0 aliphatic heterocycles. The van der Waals surface area contributed by atoms with E-state index in [0.717, 1.165) is 0 Å². The summed E-state index contributed by atoms with van der Waals surface area (Å²) < 4.78 is 10.8. The second-order valence-electron chi connectivity index (χ2n) is 4.70. The lowest BCUT2D eigenvalue weighted by atomic mass is 10.2. The summed E-state index contributed by atoms with van der Waals surface area (Å²) in [7, 11) is 1.32. The highest BCUT2D eigenvalue weighted by molar-refractivity contribution is 8.01. The number of nitrogens with one attached hydrogen (secondary N) is 1. The molecule has 10 heteroatoms. The normalized spacial score (nSPS) is 11.6. The molecule has 0 radical (unpaired) electrons. The summed E-state index contributed by atoms with van der Waals surface area (Å²) in [6.45, 7) is 1.84. The van der Waals surface area contributed by atoms with Crippen LogP contribution in [-0.2, 0) is 14.3 Å². The molecule has 2 rings (SSSR count). The zero-order valence-corrected chi connectivity index (χ0v) is 15.9. The number of hydrogen-bond acceptors (Lipinski definition) is 8. The quantitative estimate of drug-likeness (QED) is 0.412. The highest BCUT2D eigenvalue weighted by atomic mass is 35.5. The number of amides is 1. The van der Waals surface area contributed by atoms with E-state index in [4.69, 9.17) is 16.3 Å². The van der Waals surface area contributed by atoms with Gasteiger partial charge in [0.05, 0.1) is 12.9 Å². The van der Waals surface area contributed by atoms with Crippen LogP contribution in [-0.4, -0.2) is 41.0 Å². The minimum atomic E-state index is -0.687. The van der Waals surface area contributed by atoms with Crippen LogP contribution in [0, 0.1) is 0 Å². The molecule has 1 heterocycles. The van der Waals surface area contributed by atoms with Crippen molar-refractivity contribution in [2.24, 2.45) is 0 Å². The van der Waals surface area contributed by atoms with Gasteiger partial charge in [0, 0.05) is 5.02 Å². The standard InChI is InChI=1S/C15H16ClN3O4S2/c1-3-11(23-10-6-4-5-9(16)7-10)13(21)17-14-18-19-15(25-14)24-8-12(20)22-2/h4-7,11H,3,8H2,1-2H3,(H,17,18,21). The number of rotatable bonds is 8. The van der Waals surface area contributed by atoms with Crippen LogP contribution in [0.2, 0.25) is 5.02 Å². The molecule has 0 saturated heterocycles. The number of nitrogens with zero attached hydrogens (tertiary/aromatic N) is 2. The summed E-state index contributed by atoms with van der Waals surface area (Å²) in [6.07, 6.45) is -0.213. The minimum absolute atomic E-state index is 0.133. The van der Waals surface area contributed by atoms with Crippen molar-refractivity contribution in [1.82, 2.24) is 10.2 Å². The molecule has 1 atom stereocenters. The highest BCUT2D eigenvalue weighted by Gasteiger charge is 2.20. The Morgan fingerprint density at radius 2 is 2.20 bits per heavy atom. The summed E-state index contributed by atoms with van der Waals surface area (Å²) in [5.74, 6) is -0.0369. The molecule has 1 aromatic heterocycles. The Balaban J connectivity index is 1.93. The van der Waals surface area contributed by atoms with Gasteiger partial charge in [-0.05, 0) is 24.6 Å². The number of esters is 1. The smallest absolute Gasteiger partial charge is 0.316 e. The van der Waals surface area contributed by atoms with Gasteiger partial charge in [0.15, 0.2) is 10.4 Å². The Kier molecular flexibility index (Phi) is 7.48. The van der Waals surface area contributed by atoms with Gasteiger partial charge < -0.3 is 9.47 Å². The van der Waals surface area contributed by atoms with Gasteiger partial charge in [0.2, 0.25) is 5.13 Å². The summed E-state index contributed by atoms with van der Waals surface area (Å²) in [6, 6.07) is 6.85. The summed E-state index contributed by atoms with van der Waals surface area (Å²) in [4.78, 5) is 23.5. The van der Waals surface area contributed by atoms with Crippen LogP contribution in [0.3, 0.4) is 0 Å². The lowest BCUT2D eigenvalue weighted by molar-refractivity contribution is -0.137. The molecule has 0 saturated carbocycles. The lowest BCUT2D eigenvalue weighted by Crippen LogP contribution is -2.32. The van der Waals surface area contributed by atoms with E-state index in [0.29, 0.717) is 26.7 Å². The molecular weight excluding hydrogens is 386 g/mol. The number of carbonyl (C=O) groups is 2. The van der Waals surface area contributed by atoms with Crippen molar-refractivity contribution >= 4 is 51.7 Å². The number of benzene rings is 1. The topological polar surface area (TPSA) is 90.4 Å². The van der Waals surface area contributed by atoms with Crippen molar-refractivity contribution in [3.8, 4) is 5.75 Å². The van der Waals surface area contributed by atoms with Crippen LogP contribution in [0.5, 0.6) is 5.75 Å². The number of aromatic nitrogens is 2. The lowest BCUT2D eigenvalue weighted by Gasteiger charge is -2.16. The average molecular weight is 402 g/mol.